The third-order valence-electron chi connectivity index (χ3n) is 4.55. The Morgan fingerprint density at radius 1 is 1.24 bits per heavy atom. The fourth-order valence-corrected chi connectivity index (χ4v) is 3.69. The van der Waals surface area contributed by atoms with Crippen LogP contribution in [-0.4, -0.2) is 47.2 Å². The number of hydrogen-bond acceptors (Lipinski definition) is 3. The molecule has 2 N–H and O–H groups in total. The fourth-order valence-electron chi connectivity index (χ4n) is 3.69. The van der Waals surface area contributed by atoms with E-state index in [1.807, 2.05) is 4.90 Å². The quantitative estimate of drug-likeness (QED) is 0.736. The van der Waals surface area contributed by atoms with Gasteiger partial charge >= 0.3 is 0 Å². The lowest BCUT2D eigenvalue weighted by molar-refractivity contribution is -0.131. The Morgan fingerprint density at radius 2 is 1.94 bits per heavy atom. The van der Waals surface area contributed by atoms with E-state index in [1.54, 1.807) is 0 Å². The van der Waals surface area contributed by atoms with Crippen LogP contribution >= 0.6 is 0 Å². The molecule has 4 nitrogen and oxygen atoms in total. The largest absolute Gasteiger partial charge is 0.391 e. The fraction of sp³-hybridized carbons (Fsp3) is 0.923. The van der Waals surface area contributed by atoms with Gasteiger partial charge in [-0.05, 0) is 38.0 Å². The van der Waals surface area contributed by atoms with E-state index in [4.69, 9.17) is 0 Å². The molecule has 2 unspecified atom stereocenters. The lowest BCUT2D eigenvalue weighted by Crippen LogP contribution is -2.40. The normalized spacial score (nSPS) is 40.9. The van der Waals surface area contributed by atoms with Gasteiger partial charge in [-0.25, -0.2) is 0 Å². The number of likely N-dealkylation sites (tertiary alicyclic amines) is 1. The summed E-state index contributed by atoms with van der Waals surface area (Å²) in [5, 5.41) is 13.0. The number of piperidine rings is 1. The molecule has 3 heterocycles. The molecule has 3 fully saturated rings. The molecule has 4 heteroatoms. The molecule has 3 aliphatic heterocycles. The number of aliphatic hydroxyl groups excluding tert-OH is 1. The first kappa shape index (κ1) is 11.5. The van der Waals surface area contributed by atoms with E-state index in [9.17, 15) is 9.90 Å². The summed E-state index contributed by atoms with van der Waals surface area (Å²) in [6.45, 7) is 1.30. The maximum absolute atomic E-state index is 12.1. The molecule has 0 aromatic heterocycles. The van der Waals surface area contributed by atoms with E-state index in [2.05, 4.69) is 5.32 Å². The minimum Gasteiger partial charge on any atom is -0.391 e. The van der Waals surface area contributed by atoms with Crippen LogP contribution in [0.25, 0.3) is 0 Å². The van der Waals surface area contributed by atoms with Gasteiger partial charge in [-0.15, -0.1) is 0 Å². The van der Waals surface area contributed by atoms with Gasteiger partial charge in [0.1, 0.15) is 0 Å². The molecule has 96 valence electrons. The van der Waals surface area contributed by atoms with Crippen LogP contribution in [0.3, 0.4) is 0 Å². The summed E-state index contributed by atoms with van der Waals surface area (Å²) >= 11 is 0. The Morgan fingerprint density at radius 3 is 2.53 bits per heavy atom. The van der Waals surface area contributed by atoms with Crippen LogP contribution in [0.15, 0.2) is 0 Å². The topological polar surface area (TPSA) is 52.6 Å². The molecule has 3 aliphatic rings. The van der Waals surface area contributed by atoms with Crippen LogP contribution < -0.4 is 5.32 Å². The summed E-state index contributed by atoms with van der Waals surface area (Å²) in [5.74, 6) is 0.826. The minimum absolute atomic E-state index is 0.257. The van der Waals surface area contributed by atoms with Gasteiger partial charge in [-0.2, -0.15) is 0 Å². The van der Waals surface area contributed by atoms with Crippen molar-refractivity contribution in [3.63, 3.8) is 0 Å². The van der Waals surface area contributed by atoms with Crippen molar-refractivity contribution < 1.29 is 9.90 Å². The number of fused-ring (bicyclic) bond motifs is 2. The number of nitrogens with one attached hydrogen (secondary N) is 1. The molecule has 1 amide bonds. The smallest absolute Gasteiger partial charge is 0.222 e. The Bertz CT molecular complexity index is 296. The zero-order chi connectivity index (χ0) is 11.8. The van der Waals surface area contributed by atoms with Crippen molar-refractivity contribution in [3.05, 3.63) is 0 Å². The second-order valence-electron chi connectivity index (χ2n) is 5.96. The molecule has 17 heavy (non-hydrogen) atoms. The van der Waals surface area contributed by atoms with Gasteiger partial charge in [-0.3, -0.25) is 4.79 Å². The Labute approximate surface area is 102 Å². The van der Waals surface area contributed by atoms with E-state index >= 15 is 0 Å². The van der Waals surface area contributed by atoms with Gasteiger partial charge in [-0.1, -0.05) is 0 Å². The monoisotopic (exact) mass is 238 g/mol. The summed E-state index contributed by atoms with van der Waals surface area (Å²) in [6.07, 6.45) is 6.07. The summed E-state index contributed by atoms with van der Waals surface area (Å²) in [6, 6.07) is 1.33. The SMILES string of the molecule is O=C(CC1CC2CCC(C1)N2)N1CC[C@H](O)C1. The number of amides is 1. The molecule has 0 saturated carbocycles. The van der Waals surface area contributed by atoms with Gasteiger partial charge in [0.2, 0.25) is 5.91 Å². The number of rotatable bonds is 2. The molecule has 0 radical (unpaired) electrons. The van der Waals surface area contributed by atoms with E-state index in [0.717, 1.165) is 13.0 Å². The van der Waals surface area contributed by atoms with Crippen molar-refractivity contribution in [1.82, 2.24) is 10.2 Å². The van der Waals surface area contributed by atoms with Crippen LogP contribution in [0.5, 0.6) is 0 Å². The predicted octanol–water partition coefficient (Wildman–Crippen LogP) is 0.500. The van der Waals surface area contributed by atoms with E-state index in [0.29, 0.717) is 31.0 Å². The molecular weight excluding hydrogens is 216 g/mol. The lowest BCUT2D eigenvalue weighted by Gasteiger charge is -2.29. The van der Waals surface area contributed by atoms with E-state index in [1.165, 1.54) is 25.7 Å². The number of carbonyl (C=O) groups excluding carboxylic acids is 1. The van der Waals surface area contributed by atoms with Crippen molar-refractivity contribution in [2.45, 2.75) is 56.7 Å². The number of hydrogen-bond donors (Lipinski definition) is 2. The standard InChI is InChI=1S/C13H22N2O2/c16-12-3-4-15(8-12)13(17)7-9-5-10-1-2-11(6-9)14-10/h9-12,14,16H,1-8H2/t9?,10?,11?,12-/m0/s1. The van der Waals surface area contributed by atoms with Crippen LogP contribution in [0.1, 0.15) is 38.5 Å². The van der Waals surface area contributed by atoms with Crippen molar-refractivity contribution >= 4 is 5.91 Å². The number of nitrogens with zero attached hydrogens (tertiary/aromatic N) is 1. The molecule has 0 aromatic carbocycles. The average Bonchev–Trinajstić information content (AvgIpc) is 2.85. The van der Waals surface area contributed by atoms with Crippen molar-refractivity contribution in [3.8, 4) is 0 Å². The highest BCUT2D eigenvalue weighted by Gasteiger charge is 2.35. The molecule has 2 bridgehead atoms. The Hall–Kier alpha value is -0.610. The first-order chi connectivity index (χ1) is 8.20. The maximum Gasteiger partial charge on any atom is 0.222 e. The minimum atomic E-state index is -0.289. The number of aliphatic hydroxyl groups is 1. The van der Waals surface area contributed by atoms with Gasteiger partial charge in [0.05, 0.1) is 6.10 Å². The zero-order valence-electron chi connectivity index (χ0n) is 10.3. The highest BCUT2D eigenvalue weighted by Crippen LogP contribution is 2.33. The van der Waals surface area contributed by atoms with E-state index < -0.39 is 0 Å². The molecule has 3 saturated heterocycles. The molecule has 0 spiro atoms. The predicted molar refractivity (Wildman–Crippen MR) is 64.5 cm³/mol. The third kappa shape index (κ3) is 2.47. The van der Waals surface area contributed by atoms with Crippen molar-refractivity contribution in [2.75, 3.05) is 13.1 Å². The highest BCUT2D eigenvalue weighted by molar-refractivity contribution is 5.76. The van der Waals surface area contributed by atoms with Crippen LogP contribution in [-0.2, 0) is 4.79 Å². The maximum atomic E-state index is 12.1. The first-order valence-corrected chi connectivity index (χ1v) is 6.92. The second-order valence-corrected chi connectivity index (χ2v) is 5.96. The second kappa shape index (κ2) is 4.58. The van der Waals surface area contributed by atoms with Crippen molar-refractivity contribution in [2.24, 2.45) is 5.92 Å². The molecule has 0 aliphatic carbocycles. The summed E-state index contributed by atoms with van der Waals surface area (Å²) in [7, 11) is 0. The van der Waals surface area contributed by atoms with Crippen molar-refractivity contribution in [1.29, 1.82) is 0 Å². The molecule has 0 aromatic rings. The third-order valence-corrected chi connectivity index (χ3v) is 4.55. The number of β-amino-alcohol motifs (C(OH)–C–C–N with tert-alkyl or cyclic N) is 1. The number of carbonyl (C=O) groups is 1. The Balaban J connectivity index is 1.51. The first-order valence-electron chi connectivity index (χ1n) is 6.92. The Kier molecular flexibility index (Phi) is 3.09. The van der Waals surface area contributed by atoms with Crippen LogP contribution in [0, 0.1) is 5.92 Å². The summed E-state index contributed by atoms with van der Waals surface area (Å²) in [5.41, 5.74) is 0. The van der Waals surface area contributed by atoms with Crippen LogP contribution in [0.4, 0.5) is 0 Å². The van der Waals surface area contributed by atoms with E-state index in [-0.39, 0.29) is 12.0 Å². The van der Waals surface area contributed by atoms with Gasteiger partial charge in [0, 0.05) is 31.6 Å². The lowest BCUT2D eigenvalue weighted by atomic mass is 9.89. The highest BCUT2D eigenvalue weighted by atomic mass is 16.3. The average molecular weight is 238 g/mol. The zero-order valence-corrected chi connectivity index (χ0v) is 10.3. The molecule has 3 atom stereocenters. The van der Waals surface area contributed by atoms with Gasteiger partial charge in [0.25, 0.3) is 0 Å². The van der Waals surface area contributed by atoms with Gasteiger partial charge in [0.15, 0.2) is 0 Å². The summed E-state index contributed by atoms with van der Waals surface area (Å²) in [4.78, 5) is 13.9. The van der Waals surface area contributed by atoms with Crippen LogP contribution in [0.2, 0.25) is 0 Å². The summed E-state index contributed by atoms with van der Waals surface area (Å²) < 4.78 is 0. The molecule has 3 rings (SSSR count). The molecular formula is C13H22N2O2. The van der Waals surface area contributed by atoms with Gasteiger partial charge < -0.3 is 15.3 Å².